The number of hydrogen-bond donors (Lipinski definition) is 0. The number of hydrogen-bond acceptors (Lipinski definition) is 4. The number of methoxy groups -OCH3 is 1. The van der Waals surface area contributed by atoms with Gasteiger partial charge < -0.3 is 9.47 Å². The number of ether oxygens (including phenoxy) is 2. The SMILES string of the molecule is COc1cc(C=CCC2=CC=CC(=O)C2)ccc1C=CC(=O)OC(C)(C)C. The smallest absolute Gasteiger partial charge is 0.331 e. The fourth-order valence-electron chi connectivity index (χ4n) is 2.58. The summed E-state index contributed by atoms with van der Waals surface area (Å²) in [5, 5.41) is 0. The number of allylic oxidation sites excluding steroid dienone is 5. The van der Waals surface area contributed by atoms with E-state index in [1.54, 1.807) is 25.3 Å². The molecule has 1 aromatic carbocycles. The van der Waals surface area contributed by atoms with Crippen molar-refractivity contribution in [2.24, 2.45) is 0 Å². The lowest BCUT2D eigenvalue weighted by Crippen LogP contribution is -2.22. The first kappa shape index (κ1) is 20.4. The average molecular weight is 366 g/mol. The summed E-state index contributed by atoms with van der Waals surface area (Å²) in [5.74, 6) is 0.425. The standard InChI is InChI=1S/C23H26O4/c1-23(2,3)27-22(25)14-13-19-12-11-18(16-21(19)26-4)8-5-7-17-9-6-10-20(24)15-17/h5-6,8-14,16H,7,15H2,1-4H3. The van der Waals surface area contributed by atoms with Crippen LogP contribution in [0.4, 0.5) is 0 Å². The van der Waals surface area contributed by atoms with E-state index in [2.05, 4.69) is 0 Å². The summed E-state index contributed by atoms with van der Waals surface area (Å²) < 4.78 is 10.7. The van der Waals surface area contributed by atoms with Gasteiger partial charge in [-0.15, -0.1) is 0 Å². The van der Waals surface area contributed by atoms with Crippen molar-refractivity contribution in [3.63, 3.8) is 0 Å². The molecule has 0 saturated carbocycles. The van der Waals surface area contributed by atoms with Crippen molar-refractivity contribution in [1.82, 2.24) is 0 Å². The van der Waals surface area contributed by atoms with Gasteiger partial charge in [-0.3, -0.25) is 4.79 Å². The molecule has 0 atom stereocenters. The van der Waals surface area contributed by atoms with Crippen LogP contribution in [0.3, 0.4) is 0 Å². The molecule has 0 aliphatic heterocycles. The van der Waals surface area contributed by atoms with Gasteiger partial charge in [-0.05, 0) is 51.0 Å². The van der Waals surface area contributed by atoms with Crippen LogP contribution >= 0.6 is 0 Å². The van der Waals surface area contributed by atoms with E-state index in [1.165, 1.54) is 6.08 Å². The van der Waals surface area contributed by atoms with Crippen molar-refractivity contribution < 1.29 is 19.1 Å². The number of carbonyl (C=O) groups is 2. The lowest BCUT2D eigenvalue weighted by atomic mass is 10.0. The normalized spacial score (nSPS) is 14.7. The number of rotatable bonds is 6. The monoisotopic (exact) mass is 366 g/mol. The Labute approximate surface area is 160 Å². The van der Waals surface area contributed by atoms with Gasteiger partial charge in [0, 0.05) is 18.1 Å². The fourth-order valence-corrected chi connectivity index (χ4v) is 2.58. The minimum Gasteiger partial charge on any atom is -0.496 e. The highest BCUT2D eigenvalue weighted by Gasteiger charge is 2.14. The van der Waals surface area contributed by atoms with Crippen LogP contribution in [0.25, 0.3) is 12.2 Å². The molecule has 142 valence electrons. The molecule has 1 aliphatic rings. The minimum absolute atomic E-state index is 0.142. The van der Waals surface area contributed by atoms with Gasteiger partial charge in [0.1, 0.15) is 11.4 Å². The molecule has 1 aliphatic carbocycles. The van der Waals surface area contributed by atoms with Gasteiger partial charge in [0.15, 0.2) is 5.78 Å². The fraction of sp³-hybridized carbons (Fsp3) is 0.304. The van der Waals surface area contributed by atoms with Crippen LogP contribution in [0.5, 0.6) is 5.75 Å². The summed E-state index contributed by atoms with van der Waals surface area (Å²) in [6.07, 6.45) is 13.7. The van der Waals surface area contributed by atoms with E-state index >= 15 is 0 Å². The summed E-state index contributed by atoms with van der Waals surface area (Å²) in [6.45, 7) is 5.49. The van der Waals surface area contributed by atoms with Crippen LogP contribution in [0.1, 0.15) is 44.7 Å². The second kappa shape index (κ2) is 9.17. The van der Waals surface area contributed by atoms with E-state index in [9.17, 15) is 9.59 Å². The molecular weight excluding hydrogens is 340 g/mol. The molecule has 0 N–H and O–H groups in total. The van der Waals surface area contributed by atoms with Crippen molar-refractivity contribution in [3.05, 3.63) is 65.3 Å². The molecule has 0 saturated heterocycles. The minimum atomic E-state index is -0.520. The number of carbonyl (C=O) groups excluding carboxylic acids is 2. The van der Waals surface area contributed by atoms with Crippen molar-refractivity contribution >= 4 is 23.9 Å². The molecule has 0 spiro atoms. The molecule has 0 unspecified atom stereocenters. The van der Waals surface area contributed by atoms with E-state index in [0.717, 1.165) is 23.1 Å². The third kappa shape index (κ3) is 7.10. The Bertz CT molecular complexity index is 817. The van der Waals surface area contributed by atoms with Crippen LogP contribution in [-0.4, -0.2) is 24.5 Å². The van der Waals surface area contributed by atoms with Gasteiger partial charge in [0.25, 0.3) is 0 Å². The second-order valence-electron chi connectivity index (χ2n) is 7.30. The molecule has 4 heteroatoms. The molecule has 0 radical (unpaired) electrons. The van der Waals surface area contributed by atoms with Crippen LogP contribution in [0.2, 0.25) is 0 Å². The Morgan fingerprint density at radius 2 is 2.00 bits per heavy atom. The van der Waals surface area contributed by atoms with Crippen LogP contribution < -0.4 is 4.74 Å². The lowest BCUT2D eigenvalue weighted by Gasteiger charge is -2.17. The van der Waals surface area contributed by atoms with Gasteiger partial charge in [0.2, 0.25) is 0 Å². The third-order valence-corrected chi connectivity index (χ3v) is 3.77. The molecule has 27 heavy (non-hydrogen) atoms. The highest BCUT2D eigenvalue weighted by atomic mass is 16.6. The topological polar surface area (TPSA) is 52.6 Å². The molecule has 0 bridgehead atoms. The summed E-state index contributed by atoms with van der Waals surface area (Å²) >= 11 is 0. The van der Waals surface area contributed by atoms with E-state index < -0.39 is 11.6 Å². The Balaban J connectivity index is 2.04. The van der Waals surface area contributed by atoms with E-state index in [4.69, 9.17) is 9.47 Å². The Morgan fingerprint density at radius 1 is 1.22 bits per heavy atom. The summed E-state index contributed by atoms with van der Waals surface area (Å²) in [7, 11) is 1.60. The number of benzene rings is 1. The average Bonchev–Trinajstić information content (AvgIpc) is 2.59. The molecule has 1 aromatic rings. The molecule has 4 nitrogen and oxygen atoms in total. The van der Waals surface area contributed by atoms with Crippen molar-refractivity contribution in [2.75, 3.05) is 7.11 Å². The number of ketones is 1. The maximum Gasteiger partial charge on any atom is 0.331 e. The highest BCUT2D eigenvalue weighted by Crippen LogP contribution is 2.23. The van der Waals surface area contributed by atoms with Gasteiger partial charge in [0.05, 0.1) is 7.11 Å². The van der Waals surface area contributed by atoms with Crippen molar-refractivity contribution in [2.45, 2.75) is 39.2 Å². The first-order valence-corrected chi connectivity index (χ1v) is 8.91. The van der Waals surface area contributed by atoms with Gasteiger partial charge in [-0.25, -0.2) is 4.79 Å². The Kier molecular flexibility index (Phi) is 6.94. The predicted octanol–water partition coefficient (Wildman–Crippen LogP) is 4.91. The maximum atomic E-state index is 11.8. The van der Waals surface area contributed by atoms with Gasteiger partial charge in [-0.1, -0.05) is 42.0 Å². The van der Waals surface area contributed by atoms with Gasteiger partial charge >= 0.3 is 5.97 Å². The Morgan fingerprint density at radius 3 is 2.67 bits per heavy atom. The maximum absolute atomic E-state index is 11.8. The second-order valence-corrected chi connectivity index (χ2v) is 7.30. The highest BCUT2D eigenvalue weighted by molar-refractivity contribution is 5.93. The van der Waals surface area contributed by atoms with Crippen molar-refractivity contribution in [3.8, 4) is 5.75 Å². The van der Waals surface area contributed by atoms with E-state index in [1.807, 2.05) is 57.2 Å². The summed E-state index contributed by atoms with van der Waals surface area (Å²) in [6, 6.07) is 5.76. The van der Waals surface area contributed by atoms with E-state index in [0.29, 0.717) is 12.2 Å². The molecule has 2 rings (SSSR count). The number of esters is 1. The Hall–Kier alpha value is -2.88. The molecule has 0 amide bonds. The molecular formula is C23H26O4. The molecule has 0 aromatic heterocycles. The molecule has 0 fully saturated rings. The van der Waals surface area contributed by atoms with Crippen LogP contribution in [0.15, 0.2) is 54.2 Å². The van der Waals surface area contributed by atoms with Crippen LogP contribution in [0, 0.1) is 0 Å². The first-order chi connectivity index (χ1) is 12.8. The lowest BCUT2D eigenvalue weighted by molar-refractivity contribution is -0.148. The van der Waals surface area contributed by atoms with Gasteiger partial charge in [-0.2, -0.15) is 0 Å². The third-order valence-electron chi connectivity index (χ3n) is 3.77. The van der Waals surface area contributed by atoms with Crippen molar-refractivity contribution in [1.29, 1.82) is 0 Å². The van der Waals surface area contributed by atoms with E-state index in [-0.39, 0.29) is 5.78 Å². The first-order valence-electron chi connectivity index (χ1n) is 8.91. The zero-order chi connectivity index (χ0) is 19.9. The summed E-state index contributed by atoms with van der Waals surface area (Å²) in [4.78, 5) is 23.2. The van der Waals surface area contributed by atoms with Crippen LogP contribution in [-0.2, 0) is 14.3 Å². The predicted molar refractivity (Wildman–Crippen MR) is 108 cm³/mol. The zero-order valence-corrected chi connectivity index (χ0v) is 16.3. The largest absolute Gasteiger partial charge is 0.496 e. The summed E-state index contributed by atoms with van der Waals surface area (Å²) in [5.41, 5.74) is 2.36. The molecule has 0 heterocycles. The quantitative estimate of drug-likeness (QED) is 0.530. The zero-order valence-electron chi connectivity index (χ0n) is 16.3.